The fourth-order valence-electron chi connectivity index (χ4n) is 1.90. The van der Waals surface area contributed by atoms with Gasteiger partial charge in [-0.1, -0.05) is 13.8 Å². The van der Waals surface area contributed by atoms with Crippen LogP contribution in [0.5, 0.6) is 0 Å². The molecule has 0 radical (unpaired) electrons. The molecule has 1 aromatic carbocycles. The van der Waals surface area contributed by atoms with Crippen LogP contribution in [0.2, 0.25) is 0 Å². The Balaban J connectivity index is 2.92. The topological polar surface area (TPSA) is 15.3 Å². The maximum absolute atomic E-state index is 13.2. The molecule has 0 aliphatic heterocycles. The van der Waals surface area contributed by atoms with E-state index >= 15 is 0 Å². The summed E-state index contributed by atoms with van der Waals surface area (Å²) in [5.74, 6) is 0.421. The van der Waals surface area contributed by atoms with Crippen molar-refractivity contribution in [2.75, 3.05) is 25.5 Å². The van der Waals surface area contributed by atoms with Crippen molar-refractivity contribution in [3.05, 3.63) is 29.6 Å². The van der Waals surface area contributed by atoms with Crippen LogP contribution in [0.1, 0.15) is 19.4 Å². The molecule has 90 valence electrons. The van der Waals surface area contributed by atoms with Crippen LogP contribution in [0.25, 0.3) is 0 Å². The number of nitrogens with zero attached hydrogens (tertiary/aromatic N) is 1. The number of nitrogens with one attached hydrogen (secondary N) is 1. The van der Waals surface area contributed by atoms with Crippen LogP contribution in [-0.4, -0.2) is 20.6 Å². The molecule has 0 bridgehead atoms. The molecule has 3 heteroatoms. The third-order valence-corrected chi connectivity index (χ3v) is 2.46. The van der Waals surface area contributed by atoms with Crippen molar-refractivity contribution < 1.29 is 4.39 Å². The van der Waals surface area contributed by atoms with Crippen molar-refractivity contribution >= 4 is 5.69 Å². The molecule has 0 unspecified atom stereocenters. The molecule has 0 atom stereocenters. The van der Waals surface area contributed by atoms with Gasteiger partial charge in [-0.25, -0.2) is 4.39 Å². The summed E-state index contributed by atoms with van der Waals surface area (Å²) in [6.07, 6.45) is 0. The zero-order valence-electron chi connectivity index (χ0n) is 10.5. The molecule has 0 saturated heterocycles. The Morgan fingerprint density at radius 3 is 2.62 bits per heavy atom. The van der Waals surface area contributed by atoms with E-state index in [2.05, 4.69) is 24.1 Å². The lowest BCUT2D eigenvalue weighted by Gasteiger charge is -2.24. The maximum Gasteiger partial charge on any atom is 0.123 e. The molecule has 0 amide bonds. The van der Waals surface area contributed by atoms with Gasteiger partial charge in [0.05, 0.1) is 0 Å². The monoisotopic (exact) mass is 224 g/mol. The number of halogens is 1. The van der Waals surface area contributed by atoms with Gasteiger partial charge in [0, 0.05) is 25.8 Å². The third-order valence-electron chi connectivity index (χ3n) is 2.46. The Hall–Kier alpha value is -1.09. The number of hydrogen-bond acceptors (Lipinski definition) is 2. The average Bonchev–Trinajstić information content (AvgIpc) is 2.17. The molecule has 0 heterocycles. The highest BCUT2D eigenvalue weighted by atomic mass is 19.1. The summed E-state index contributed by atoms with van der Waals surface area (Å²) in [6.45, 7) is 6.02. The fraction of sp³-hybridized carbons (Fsp3) is 0.538. The molecular formula is C13H21FN2. The second-order valence-electron chi connectivity index (χ2n) is 4.58. The van der Waals surface area contributed by atoms with Gasteiger partial charge in [-0.15, -0.1) is 0 Å². The summed E-state index contributed by atoms with van der Waals surface area (Å²) >= 11 is 0. The molecule has 0 spiro atoms. The largest absolute Gasteiger partial charge is 0.374 e. The van der Waals surface area contributed by atoms with Crippen LogP contribution in [-0.2, 0) is 6.54 Å². The van der Waals surface area contributed by atoms with Crippen LogP contribution in [0.15, 0.2) is 18.2 Å². The minimum Gasteiger partial charge on any atom is -0.374 e. The highest BCUT2D eigenvalue weighted by molar-refractivity contribution is 5.53. The fourth-order valence-corrected chi connectivity index (χ4v) is 1.90. The van der Waals surface area contributed by atoms with Crippen molar-refractivity contribution in [1.29, 1.82) is 0 Å². The summed E-state index contributed by atoms with van der Waals surface area (Å²) < 4.78 is 13.2. The van der Waals surface area contributed by atoms with E-state index in [0.717, 1.165) is 17.8 Å². The first-order chi connectivity index (χ1) is 7.54. The molecule has 0 aromatic heterocycles. The van der Waals surface area contributed by atoms with Gasteiger partial charge in [-0.3, -0.25) is 0 Å². The molecular weight excluding hydrogens is 203 g/mol. The maximum atomic E-state index is 13.2. The first-order valence-electron chi connectivity index (χ1n) is 5.68. The van der Waals surface area contributed by atoms with Crippen molar-refractivity contribution in [2.45, 2.75) is 20.4 Å². The standard InChI is InChI=1S/C13H21FN2/c1-10(2)9-16(4)13-6-5-12(14)7-11(13)8-15-3/h5-7,10,15H,8-9H2,1-4H3. The molecule has 1 aromatic rings. The first kappa shape index (κ1) is 13.0. The van der Waals surface area contributed by atoms with E-state index in [9.17, 15) is 4.39 Å². The van der Waals surface area contributed by atoms with Gasteiger partial charge >= 0.3 is 0 Å². The van der Waals surface area contributed by atoms with Crippen LogP contribution < -0.4 is 10.2 Å². The Morgan fingerprint density at radius 2 is 2.06 bits per heavy atom. The van der Waals surface area contributed by atoms with Gasteiger partial charge in [0.1, 0.15) is 5.82 Å². The summed E-state index contributed by atoms with van der Waals surface area (Å²) in [7, 11) is 3.92. The lowest BCUT2D eigenvalue weighted by atomic mass is 10.1. The van der Waals surface area contributed by atoms with E-state index in [1.54, 1.807) is 6.07 Å². The molecule has 0 saturated carbocycles. The molecule has 0 fully saturated rings. The number of anilines is 1. The molecule has 0 aliphatic carbocycles. The van der Waals surface area contributed by atoms with E-state index < -0.39 is 0 Å². The zero-order valence-corrected chi connectivity index (χ0v) is 10.5. The Morgan fingerprint density at radius 1 is 1.38 bits per heavy atom. The first-order valence-corrected chi connectivity index (χ1v) is 5.68. The predicted octanol–water partition coefficient (Wildman–Crippen LogP) is 2.64. The highest BCUT2D eigenvalue weighted by Gasteiger charge is 2.09. The van der Waals surface area contributed by atoms with Crippen LogP contribution in [0.4, 0.5) is 10.1 Å². The van der Waals surface area contributed by atoms with Gasteiger partial charge in [0.2, 0.25) is 0 Å². The summed E-state index contributed by atoms with van der Waals surface area (Å²) in [5, 5.41) is 3.07. The quantitative estimate of drug-likeness (QED) is 0.827. The SMILES string of the molecule is CNCc1cc(F)ccc1N(C)CC(C)C. The van der Waals surface area contributed by atoms with Crippen LogP contribution >= 0.6 is 0 Å². The zero-order chi connectivity index (χ0) is 12.1. The molecule has 16 heavy (non-hydrogen) atoms. The molecule has 2 nitrogen and oxygen atoms in total. The number of rotatable bonds is 5. The molecule has 1 N–H and O–H groups in total. The van der Waals surface area contributed by atoms with E-state index in [0.29, 0.717) is 12.5 Å². The Labute approximate surface area is 97.5 Å². The Kier molecular flexibility index (Phi) is 4.74. The molecule has 0 aliphatic rings. The van der Waals surface area contributed by atoms with Gasteiger partial charge in [-0.2, -0.15) is 0 Å². The van der Waals surface area contributed by atoms with Crippen molar-refractivity contribution in [3.63, 3.8) is 0 Å². The summed E-state index contributed by atoms with van der Waals surface area (Å²) in [6, 6.07) is 4.97. The van der Waals surface area contributed by atoms with E-state index in [4.69, 9.17) is 0 Å². The lowest BCUT2D eigenvalue weighted by molar-refractivity contribution is 0.618. The predicted molar refractivity (Wildman–Crippen MR) is 67.3 cm³/mol. The summed E-state index contributed by atoms with van der Waals surface area (Å²) in [5.41, 5.74) is 2.11. The summed E-state index contributed by atoms with van der Waals surface area (Å²) in [4.78, 5) is 2.18. The lowest BCUT2D eigenvalue weighted by Crippen LogP contribution is -2.24. The van der Waals surface area contributed by atoms with E-state index in [1.165, 1.54) is 6.07 Å². The van der Waals surface area contributed by atoms with Crippen molar-refractivity contribution in [3.8, 4) is 0 Å². The third kappa shape index (κ3) is 3.49. The second-order valence-corrected chi connectivity index (χ2v) is 4.58. The minimum absolute atomic E-state index is 0.174. The van der Waals surface area contributed by atoms with E-state index in [1.807, 2.05) is 20.2 Å². The smallest absolute Gasteiger partial charge is 0.123 e. The normalized spacial score (nSPS) is 10.9. The van der Waals surface area contributed by atoms with E-state index in [-0.39, 0.29) is 5.82 Å². The minimum atomic E-state index is -0.174. The molecule has 1 rings (SSSR count). The van der Waals surface area contributed by atoms with Gasteiger partial charge in [0.25, 0.3) is 0 Å². The van der Waals surface area contributed by atoms with Gasteiger partial charge in [-0.05, 0) is 36.7 Å². The van der Waals surface area contributed by atoms with Gasteiger partial charge < -0.3 is 10.2 Å². The van der Waals surface area contributed by atoms with Crippen molar-refractivity contribution in [1.82, 2.24) is 5.32 Å². The van der Waals surface area contributed by atoms with Crippen LogP contribution in [0.3, 0.4) is 0 Å². The second kappa shape index (κ2) is 5.85. The Bertz CT molecular complexity index is 337. The number of benzene rings is 1. The van der Waals surface area contributed by atoms with Crippen molar-refractivity contribution in [2.24, 2.45) is 5.92 Å². The van der Waals surface area contributed by atoms with Gasteiger partial charge in [0.15, 0.2) is 0 Å². The number of hydrogen-bond donors (Lipinski definition) is 1. The average molecular weight is 224 g/mol. The highest BCUT2D eigenvalue weighted by Crippen LogP contribution is 2.21. The van der Waals surface area contributed by atoms with Crippen LogP contribution in [0, 0.1) is 11.7 Å².